The Morgan fingerprint density at radius 3 is 2.19 bits per heavy atom. The van der Waals surface area contributed by atoms with Gasteiger partial charge in [0.1, 0.15) is 5.69 Å². The van der Waals surface area contributed by atoms with Gasteiger partial charge in [-0.25, -0.2) is 4.68 Å². The molecule has 0 spiro atoms. The van der Waals surface area contributed by atoms with E-state index in [1.807, 2.05) is 34.6 Å². The van der Waals surface area contributed by atoms with E-state index >= 15 is 0 Å². The van der Waals surface area contributed by atoms with E-state index < -0.39 is 4.92 Å². The zero-order valence-corrected chi connectivity index (χ0v) is 10.9. The van der Waals surface area contributed by atoms with Crippen LogP contribution in [0.5, 0.6) is 0 Å². The van der Waals surface area contributed by atoms with Crippen molar-refractivity contribution in [3.05, 3.63) is 21.0 Å². The van der Waals surface area contributed by atoms with Gasteiger partial charge in [-0.05, 0) is 20.8 Å². The Labute approximate surface area is 99.5 Å². The van der Waals surface area contributed by atoms with Gasteiger partial charge in [0, 0.05) is 5.92 Å². The van der Waals surface area contributed by atoms with Gasteiger partial charge < -0.3 is 0 Å². The quantitative estimate of drug-likeness (QED) is 0.593. The number of aromatic nitrogens is 2. The van der Waals surface area contributed by atoms with Crippen molar-refractivity contribution >= 4 is 17.3 Å². The first-order valence-electron chi connectivity index (χ1n) is 5.09. The van der Waals surface area contributed by atoms with Gasteiger partial charge in [0.05, 0.1) is 10.5 Å². The average molecular weight is 246 g/mol. The fraction of sp³-hybridized carbons (Fsp3) is 0.700. The van der Waals surface area contributed by atoms with E-state index in [4.69, 9.17) is 11.6 Å². The minimum atomic E-state index is -0.465. The summed E-state index contributed by atoms with van der Waals surface area (Å²) in [5, 5.41) is 15.3. The number of halogens is 1. The molecule has 0 N–H and O–H groups in total. The molecule has 5 nitrogen and oxygen atoms in total. The summed E-state index contributed by atoms with van der Waals surface area (Å²) in [4.78, 5) is 10.5. The van der Waals surface area contributed by atoms with E-state index in [0.29, 0.717) is 5.69 Å². The van der Waals surface area contributed by atoms with E-state index in [9.17, 15) is 10.1 Å². The molecule has 0 aliphatic carbocycles. The van der Waals surface area contributed by atoms with Crippen LogP contribution in [0.25, 0.3) is 0 Å². The first-order chi connectivity index (χ1) is 7.16. The number of nitro groups is 1. The molecule has 0 atom stereocenters. The van der Waals surface area contributed by atoms with Crippen LogP contribution in [0.3, 0.4) is 0 Å². The van der Waals surface area contributed by atoms with E-state index in [-0.39, 0.29) is 22.3 Å². The summed E-state index contributed by atoms with van der Waals surface area (Å²) in [5.41, 5.74) is -0.00820. The van der Waals surface area contributed by atoms with E-state index in [0.717, 1.165) is 0 Å². The zero-order valence-electron chi connectivity index (χ0n) is 10.1. The van der Waals surface area contributed by atoms with Crippen LogP contribution in [-0.4, -0.2) is 14.7 Å². The van der Waals surface area contributed by atoms with Gasteiger partial charge in [-0.3, -0.25) is 10.1 Å². The first-order valence-corrected chi connectivity index (χ1v) is 5.47. The number of hydrogen-bond donors (Lipinski definition) is 0. The summed E-state index contributed by atoms with van der Waals surface area (Å²) >= 11 is 6.01. The Balaban J connectivity index is 3.48. The third kappa shape index (κ3) is 2.19. The maximum atomic E-state index is 11.0. The van der Waals surface area contributed by atoms with Crippen LogP contribution in [0.1, 0.15) is 46.2 Å². The number of nitrogens with zero attached hydrogens (tertiary/aromatic N) is 3. The molecule has 1 aromatic rings. The van der Waals surface area contributed by atoms with Crippen LogP contribution in [0.2, 0.25) is 5.15 Å². The van der Waals surface area contributed by atoms with Crippen molar-refractivity contribution in [3.63, 3.8) is 0 Å². The van der Waals surface area contributed by atoms with Crippen molar-refractivity contribution < 1.29 is 4.92 Å². The molecule has 0 saturated heterocycles. The summed E-state index contributed by atoms with van der Waals surface area (Å²) < 4.78 is 1.50. The van der Waals surface area contributed by atoms with Crippen LogP contribution in [0, 0.1) is 10.1 Å². The summed E-state index contributed by atoms with van der Waals surface area (Å²) in [6.45, 7) is 9.43. The second-order valence-electron chi connectivity index (χ2n) is 5.02. The van der Waals surface area contributed by atoms with Gasteiger partial charge in [0.15, 0.2) is 0 Å². The number of hydrogen-bond acceptors (Lipinski definition) is 3. The van der Waals surface area contributed by atoms with Crippen molar-refractivity contribution in [2.45, 2.75) is 46.1 Å². The predicted octanol–water partition coefficient (Wildman–Crippen LogP) is 3.32. The number of rotatable bonds is 2. The molecule has 90 valence electrons. The van der Waals surface area contributed by atoms with Crippen LogP contribution in [-0.2, 0) is 5.54 Å². The van der Waals surface area contributed by atoms with Crippen molar-refractivity contribution in [2.75, 3.05) is 0 Å². The summed E-state index contributed by atoms with van der Waals surface area (Å²) in [6.07, 6.45) is 0. The van der Waals surface area contributed by atoms with Gasteiger partial charge in [0.2, 0.25) is 5.15 Å². The van der Waals surface area contributed by atoms with Gasteiger partial charge in [-0.1, -0.05) is 25.4 Å². The van der Waals surface area contributed by atoms with Crippen molar-refractivity contribution in [3.8, 4) is 0 Å². The van der Waals surface area contributed by atoms with Crippen molar-refractivity contribution in [2.24, 2.45) is 0 Å². The van der Waals surface area contributed by atoms with Crippen molar-refractivity contribution in [1.82, 2.24) is 9.78 Å². The zero-order chi connectivity index (χ0) is 12.7. The normalized spacial score (nSPS) is 12.2. The highest BCUT2D eigenvalue weighted by molar-refractivity contribution is 6.31. The molecule has 1 aromatic heterocycles. The van der Waals surface area contributed by atoms with Gasteiger partial charge in [0.25, 0.3) is 0 Å². The molecule has 0 aliphatic rings. The molecule has 1 heterocycles. The lowest BCUT2D eigenvalue weighted by atomic mass is 10.1. The molecule has 0 saturated carbocycles. The molecule has 16 heavy (non-hydrogen) atoms. The fourth-order valence-corrected chi connectivity index (χ4v) is 1.86. The Bertz CT molecular complexity index is 418. The second-order valence-corrected chi connectivity index (χ2v) is 5.38. The van der Waals surface area contributed by atoms with Crippen LogP contribution in [0.4, 0.5) is 5.69 Å². The highest BCUT2D eigenvalue weighted by Gasteiger charge is 2.32. The minimum absolute atomic E-state index is 0.0264. The summed E-state index contributed by atoms with van der Waals surface area (Å²) in [7, 11) is 0. The molecule has 6 heteroatoms. The molecule has 0 radical (unpaired) electrons. The van der Waals surface area contributed by atoms with Gasteiger partial charge in [-0.15, -0.1) is 0 Å². The molecule has 1 rings (SSSR count). The molecule has 0 unspecified atom stereocenters. The average Bonchev–Trinajstić information content (AvgIpc) is 2.41. The van der Waals surface area contributed by atoms with Gasteiger partial charge in [-0.2, -0.15) is 5.10 Å². The van der Waals surface area contributed by atoms with E-state index in [1.165, 1.54) is 4.68 Å². The van der Waals surface area contributed by atoms with Crippen LogP contribution < -0.4 is 0 Å². The third-order valence-corrected chi connectivity index (χ3v) is 2.54. The Morgan fingerprint density at radius 1 is 1.44 bits per heavy atom. The molecule has 0 fully saturated rings. The monoisotopic (exact) mass is 245 g/mol. The topological polar surface area (TPSA) is 61.0 Å². The Hall–Kier alpha value is -1.10. The standard InChI is InChI=1S/C10H16ClN3O2/c1-6(2)7-8(14(15)16)9(11)13(12-7)10(3,4)5/h6H,1-5H3. The SMILES string of the molecule is CC(C)c1nn(C(C)(C)C)c(Cl)c1[N+](=O)[O-]. The Morgan fingerprint density at radius 2 is 1.94 bits per heavy atom. The molecule has 0 amide bonds. The van der Waals surface area contributed by atoms with E-state index in [2.05, 4.69) is 5.10 Å². The maximum Gasteiger partial charge on any atom is 0.329 e. The molecular weight excluding hydrogens is 230 g/mol. The smallest absolute Gasteiger partial charge is 0.258 e. The summed E-state index contributed by atoms with van der Waals surface area (Å²) in [5.74, 6) is -0.0264. The predicted molar refractivity (Wildman–Crippen MR) is 63.0 cm³/mol. The van der Waals surface area contributed by atoms with Gasteiger partial charge >= 0.3 is 5.69 Å². The fourth-order valence-electron chi connectivity index (χ4n) is 1.41. The second kappa shape index (κ2) is 4.05. The highest BCUT2D eigenvalue weighted by Crippen LogP contribution is 2.35. The van der Waals surface area contributed by atoms with Crippen LogP contribution >= 0.6 is 11.6 Å². The third-order valence-electron chi connectivity index (χ3n) is 2.20. The van der Waals surface area contributed by atoms with Crippen LogP contribution in [0.15, 0.2) is 0 Å². The molecule has 0 bridgehead atoms. The maximum absolute atomic E-state index is 11.0. The molecule has 0 aliphatic heterocycles. The molecule has 0 aromatic carbocycles. The lowest BCUT2D eigenvalue weighted by Gasteiger charge is -2.19. The first kappa shape index (κ1) is 13.0. The minimum Gasteiger partial charge on any atom is -0.258 e. The molecular formula is C10H16ClN3O2. The Kier molecular flexibility index (Phi) is 3.28. The highest BCUT2D eigenvalue weighted by atomic mass is 35.5. The summed E-state index contributed by atoms with van der Waals surface area (Å²) in [6, 6.07) is 0. The largest absolute Gasteiger partial charge is 0.329 e. The van der Waals surface area contributed by atoms with E-state index in [1.54, 1.807) is 0 Å². The lowest BCUT2D eigenvalue weighted by molar-refractivity contribution is -0.385. The lowest BCUT2D eigenvalue weighted by Crippen LogP contribution is -2.23. The van der Waals surface area contributed by atoms with Crippen molar-refractivity contribution in [1.29, 1.82) is 0 Å².